The Bertz CT molecular complexity index is 510. The highest BCUT2D eigenvalue weighted by Crippen LogP contribution is 2.25. The van der Waals surface area contributed by atoms with Crippen molar-refractivity contribution in [1.82, 2.24) is 10.6 Å². The van der Waals surface area contributed by atoms with Crippen molar-refractivity contribution < 1.29 is 4.74 Å². The van der Waals surface area contributed by atoms with E-state index < -0.39 is 0 Å². The fraction of sp³-hybridized carbons (Fsp3) is 0.588. The van der Waals surface area contributed by atoms with E-state index in [0.29, 0.717) is 6.10 Å². The molecule has 22 heavy (non-hydrogen) atoms. The number of aliphatic imine (C=N–C) groups is 1. The molecule has 5 heteroatoms. The van der Waals surface area contributed by atoms with Crippen molar-refractivity contribution in [1.29, 1.82) is 0 Å². The third kappa shape index (κ3) is 4.99. The van der Waals surface area contributed by atoms with Gasteiger partial charge in [0.15, 0.2) is 5.96 Å². The Morgan fingerprint density at radius 2 is 2.23 bits per heavy atom. The number of hydrogen-bond donors (Lipinski definition) is 2. The van der Waals surface area contributed by atoms with Gasteiger partial charge in [0.2, 0.25) is 0 Å². The number of nitrogens with zero attached hydrogens (tertiary/aromatic N) is 1. The quantitative estimate of drug-likeness (QED) is 0.620. The molecule has 1 saturated heterocycles. The molecule has 0 bridgehead atoms. The van der Waals surface area contributed by atoms with Gasteiger partial charge in [0.05, 0.1) is 6.10 Å². The molecule has 1 fully saturated rings. The van der Waals surface area contributed by atoms with Gasteiger partial charge < -0.3 is 15.4 Å². The minimum atomic E-state index is 0.0191. The SMILES string of the molecule is CN=C(NCC1CCCO1)NCC(C)(C)c1cccc(Br)c1. The van der Waals surface area contributed by atoms with Crippen molar-refractivity contribution in [2.45, 2.75) is 38.2 Å². The summed E-state index contributed by atoms with van der Waals surface area (Å²) in [4.78, 5) is 4.29. The first-order valence-corrected chi connectivity index (χ1v) is 8.63. The summed E-state index contributed by atoms with van der Waals surface area (Å²) in [6.07, 6.45) is 2.61. The minimum Gasteiger partial charge on any atom is -0.376 e. The predicted octanol–water partition coefficient (Wildman–Crippen LogP) is 3.07. The third-order valence-corrected chi connectivity index (χ3v) is 4.54. The standard InChI is InChI=1S/C17H26BrN3O/c1-17(2,13-6-4-7-14(18)10-13)12-21-16(19-3)20-11-15-8-5-9-22-15/h4,6-7,10,15H,5,8-9,11-12H2,1-3H3,(H2,19,20,21). The Labute approximate surface area is 141 Å². The lowest BCUT2D eigenvalue weighted by Crippen LogP contribution is -2.45. The summed E-state index contributed by atoms with van der Waals surface area (Å²) < 4.78 is 6.74. The number of guanidine groups is 1. The van der Waals surface area contributed by atoms with Gasteiger partial charge in [0, 0.05) is 36.6 Å². The predicted molar refractivity (Wildman–Crippen MR) is 95.5 cm³/mol. The second-order valence-corrected chi connectivity index (χ2v) is 7.25. The summed E-state index contributed by atoms with van der Waals surface area (Å²) in [5.74, 6) is 0.832. The Balaban J connectivity index is 1.86. The summed E-state index contributed by atoms with van der Waals surface area (Å²) >= 11 is 3.54. The highest BCUT2D eigenvalue weighted by Gasteiger charge is 2.21. The first-order chi connectivity index (χ1) is 10.5. The van der Waals surface area contributed by atoms with Gasteiger partial charge in [-0.1, -0.05) is 41.9 Å². The molecule has 2 N–H and O–H groups in total. The number of halogens is 1. The Hall–Kier alpha value is -1.07. The van der Waals surface area contributed by atoms with Gasteiger partial charge in [-0.3, -0.25) is 4.99 Å². The van der Waals surface area contributed by atoms with E-state index in [-0.39, 0.29) is 5.41 Å². The van der Waals surface area contributed by atoms with Crippen molar-refractivity contribution in [2.24, 2.45) is 4.99 Å². The molecule has 1 atom stereocenters. The zero-order valence-electron chi connectivity index (χ0n) is 13.7. The number of rotatable bonds is 5. The molecule has 4 nitrogen and oxygen atoms in total. The number of hydrogen-bond acceptors (Lipinski definition) is 2. The molecule has 122 valence electrons. The van der Waals surface area contributed by atoms with E-state index in [1.807, 2.05) is 0 Å². The van der Waals surface area contributed by atoms with E-state index >= 15 is 0 Å². The second-order valence-electron chi connectivity index (χ2n) is 6.34. The van der Waals surface area contributed by atoms with Gasteiger partial charge in [-0.2, -0.15) is 0 Å². The van der Waals surface area contributed by atoms with Crippen LogP contribution in [0, 0.1) is 0 Å². The summed E-state index contributed by atoms with van der Waals surface area (Å²) in [6.45, 7) is 6.98. The van der Waals surface area contributed by atoms with Gasteiger partial charge in [-0.25, -0.2) is 0 Å². The summed E-state index contributed by atoms with van der Waals surface area (Å²) in [6, 6.07) is 8.46. The lowest BCUT2D eigenvalue weighted by molar-refractivity contribution is 0.114. The normalized spacial score (nSPS) is 19.3. The van der Waals surface area contributed by atoms with E-state index in [2.05, 4.69) is 69.7 Å². The molecule has 0 radical (unpaired) electrons. The minimum absolute atomic E-state index is 0.0191. The van der Waals surface area contributed by atoms with E-state index in [0.717, 1.165) is 43.0 Å². The van der Waals surface area contributed by atoms with E-state index in [1.54, 1.807) is 7.05 Å². The third-order valence-electron chi connectivity index (χ3n) is 4.05. The second kappa shape index (κ2) is 7.97. The molecule has 0 aliphatic carbocycles. The molecule has 1 heterocycles. The fourth-order valence-corrected chi connectivity index (χ4v) is 2.95. The highest BCUT2D eigenvalue weighted by molar-refractivity contribution is 9.10. The topological polar surface area (TPSA) is 45.7 Å². The van der Waals surface area contributed by atoms with Crippen LogP contribution in [0.1, 0.15) is 32.3 Å². The molecule has 0 amide bonds. The number of nitrogens with one attached hydrogen (secondary N) is 2. The van der Waals surface area contributed by atoms with Crippen LogP contribution in [0.3, 0.4) is 0 Å². The largest absolute Gasteiger partial charge is 0.376 e. The molecular formula is C17H26BrN3O. The maximum atomic E-state index is 5.63. The van der Waals surface area contributed by atoms with Crippen LogP contribution in [-0.4, -0.2) is 38.8 Å². The highest BCUT2D eigenvalue weighted by atomic mass is 79.9. The van der Waals surface area contributed by atoms with Gasteiger partial charge in [-0.05, 0) is 30.5 Å². The van der Waals surface area contributed by atoms with Crippen molar-refractivity contribution in [3.05, 3.63) is 34.3 Å². The monoisotopic (exact) mass is 367 g/mol. The molecule has 1 aromatic carbocycles. The maximum absolute atomic E-state index is 5.63. The van der Waals surface area contributed by atoms with Crippen LogP contribution in [-0.2, 0) is 10.2 Å². The smallest absolute Gasteiger partial charge is 0.191 e. The lowest BCUT2D eigenvalue weighted by atomic mass is 9.85. The van der Waals surface area contributed by atoms with Gasteiger partial charge >= 0.3 is 0 Å². The van der Waals surface area contributed by atoms with E-state index in [4.69, 9.17) is 4.74 Å². The fourth-order valence-electron chi connectivity index (χ4n) is 2.55. The van der Waals surface area contributed by atoms with Gasteiger partial charge in [0.25, 0.3) is 0 Å². The molecule has 0 saturated carbocycles. The molecule has 0 spiro atoms. The molecule has 1 aliphatic heterocycles. The lowest BCUT2D eigenvalue weighted by Gasteiger charge is -2.27. The van der Waals surface area contributed by atoms with Crippen LogP contribution in [0.2, 0.25) is 0 Å². The molecule has 1 unspecified atom stereocenters. The van der Waals surface area contributed by atoms with Crippen LogP contribution >= 0.6 is 15.9 Å². The van der Waals surface area contributed by atoms with Crippen LogP contribution in [0.15, 0.2) is 33.7 Å². The zero-order valence-corrected chi connectivity index (χ0v) is 15.2. The summed E-state index contributed by atoms with van der Waals surface area (Å²) in [5, 5.41) is 6.77. The number of ether oxygens (including phenoxy) is 1. The Morgan fingerprint density at radius 1 is 1.41 bits per heavy atom. The van der Waals surface area contributed by atoms with Crippen LogP contribution < -0.4 is 10.6 Å². The summed E-state index contributed by atoms with van der Waals surface area (Å²) in [5.41, 5.74) is 1.31. The van der Waals surface area contributed by atoms with E-state index in [1.165, 1.54) is 5.56 Å². The molecule has 1 aromatic rings. The van der Waals surface area contributed by atoms with Gasteiger partial charge in [0.1, 0.15) is 0 Å². The number of benzene rings is 1. The van der Waals surface area contributed by atoms with Gasteiger partial charge in [-0.15, -0.1) is 0 Å². The molecule has 0 aromatic heterocycles. The average Bonchev–Trinajstić information content (AvgIpc) is 3.01. The maximum Gasteiger partial charge on any atom is 0.191 e. The van der Waals surface area contributed by atoms with Crippen LogP contribution in [0.4, 0.5) is 0 Å². The Kier molecular flexibility index (Phi) is 6.26. The summed E-state index contributed by atoms with van der Waals surface area (Å²) in [7, 11) is 1.80. The van der Waals surface area contributed by atoms with Crippen LogP contribution in [0.5, 0.6) is 0 Å². The Morgan fingerprint density at radius 3 is 2.86 bits per heavy atom. The van der Waals surface area contributed by atoms with Crippen molar-refractivity contribution in [2.75, 3.05) is 26.7 Å². The van der Waals surface area contributed by atoms with Crippen molar-refractivity contribution in [3.8, 4) is 0 Å². The average molecular weight is 368 g/mol. The zero-order chi connectivity index (χ0) is 16.0. The molecule has 2 rings (SSSR count). The van der Waals surface area contributed by atoms with E-state index in [9.17, 15) is 0 Å². The van der Waals surface area contributed by atoms with Crippen molar-refractivity contribution >= 4 is 21.9 Å². The first kappa shape index (κ1) is 17.3. The first-order valence-electron chi connectivity index (χ1n) is 7.83. The molecule has 1 aliphatic rings. The van der Waals surface area contributed by atoms with Crippen molar-refractivity contribution in [3.63, 3.8) is 0 Å². The molecular weight excluding hydrogens is 342 g/mol. The van der Waals surface area contributed by atoms with Crippen LogP contribution in [0.25, 0.3) is 0 Å².